The molecule has 1 amide bonds. The highest BCUT2D eigenvalue weighted by Gasteiger charge is 2.23. The Labute approximate surface area is 91.8 Å². The average Bonchev–Trinajstić information content (AvgIpc) is 2.10. The molecule has 2 N–H and O–H groups in total. The van der Waals surface area contributed by atoms with Crippen LogP contribution in [-0.4, -0.2) is 37.2 Å². The van der Waals surface area contributed by atoms with Crippen molar-refractivity contribution >= 4 is 5.91 Å². The van der Waals surface area contributed by atoms with Crippen LogP contribution in [0.2, 0.25) is 0 Å². The molecule has 1 saturated heterocycles. The molecule has 2 unspecified atom stereocenters. The fourth-order valence-electron chi connectivity index (χ4n) is 2.09. The highest BCUT2D eigenvalue weighted by atomic mass is 16.5. The van der Waals surface area contributed by atoms with Crippen LogP contribution >= 0.6 is 0 Å². The molecule has 0 radical (unpaired) electrons. The Balaban J connectivity index is 2.12. The lowest BCUT2D eigenvalue weighted by Gasteiger charge is -2.32. The van der Waals surface area contributed by atoms with Gasteiger partial charge in [0.2, 0.25) is 5.91 Å². The first-order chi connectivity index (χ1) is 7.08. The van der Waals surface area contributed by atoms with Gasteiger partial charge in [0.1, 0.15) is 0 Å². The van der Waals surface area contributed by atoms with Crippen LogP contribution in [0.1, 0.15) is 33.6 Å². The van der Waals surface area contributed by atoms with E-state index < -0.39 is 0 Å². The molecule has 0 bridgehead atoms. The Kier molecular flexibility index (Phi) is 5.05. The van der Waals surface area contributed by atoms with Crippen LogP contribution in [0.3, 0.4) is 0 Å². The van der Waals surface area contributed by atoms with Gasteiger partial charge in [0.15, 0.2) is 0 Å². The van der Waals surface area contributed by atoms with Gasteiger partial charge in [0.05, 0.1) is 12.2 Å². The van der Waals surface area contributed by atoms with Gasteiger partial charge in [0, 0.05) is 26.1 Å². The van der Waals surface area contributed by atoms with Crippen LogP contribution in [0.5, 0.6) is 0 Å². The topological polar surface area (TPSA) is 50.4 Å². The van der Waals surface area contributed by atoms with Crippen molar-refractivity contribution in [2.45, 2.75) is 51.9 Å². The summed E-state index contributed by atoms with van der Waals surface area (Å²) in [6.45, 7) is 7.30. The molecule has 1 heterocycles. The number of ether oxygens (including phenoxy) is 1. The zero-order chi connectivity index (χ0) is 11.3. The second-order valence-electron chi connectivity index (χ2n) is 4.36. The predicted octanol–water partition coefficient (Wildman–Crippen LogP) is 0.668. The molecule has 0 saturated carbocycles. The lowest BCUT2D eigenvalue weighted by molar-refractivity contribution is -0.118. The third kappa shape index (κ3) is 5.14. The Morgan fingerprint density at radius 3 is 2.40 bits per heavy atom. The van der Waals surface area contributed by atoms with Crippen molar-refractivity contribution in [2.24, 2.45) is 0 Å². The Bertz CT molecular complexity index is 199. The first-order valence-corrected chi connectivity index (χ1v) is 5.71. The van der Waals surface area contributed by atoms with E-state index in [0.717, 1.165) is 19.4 Å². The summed E-state index contributed by atoms with van der Waals surface area (Å²) in [5.74, 6) is 0.0329. The largest absolute Gasteiger partial charge is 0.375 e. The Morgan fingerprint density at radius 2 is 1.87 bits per heavy atom. The number of hydrogen-bond acceptors (Lipinski definition) is 3. The van der Waals surface area contributed by atoms with Gasteiger partial charge >= 0.3 is 0 Å². The number of carbonyl (C=O) groups is 1. The molecule has 2 atom stereocenters. The number of amides is 1. The minimum Gasteiger partial charge on any atom is -0.375 e. The summed E-state index contributed by atoms with van der Waals surface area (Å²) in [6, 6.07) is 0.525. The van der Waals surface area contributed by atoms with Gasteiger partial charge in [-0.2, -0.15) is 0 Å². The molecular formula is C11H22N2O2. The Morgan fingerprint density at radius 1 is 1.27 bits per heavy atom. The molecule has 0 aromatic rings. The van der Waals surface area contributed by atoms with Crippen molar-refractivity contribution in [1.29, 1.82) is 0 Å². The zero-order valence-electron chi connectivity index (χ0n) is 9.88. The molecule has 0 aromatic carbocycles. The van der Waals surface area contributed by atoms with Crippen LogP contribution in [0, 0.1) is 0 Å². The molecule has 0 aromatic heterocycles. The van der Waals surface area contributed by atoms with Crippen LogP contribution in [-0.2, 0) is 9.53 Å². The van der Waals surface area contributed by atoms with Crippen molar-refractivity contribution in [2.75, 3.05) is 13.1 Å². The van der Waals surface area contributed by atoms with E-state index in [4.69, 9.17) is 4.74 Å². The maximum atomic E-state index is 10.6. The van der Waals surface area contributed by atoms with Crippen LogP contribution in [0.15, 0.2) is 0 Å². The predicted molar refractivity (Wildman–Crippen MR) is 59.7 cm³/mol. The summed E-state index contributed by atoms with van der Waals surface area (Å²) < 4.78 is 5.65. The lowest BCUT2D eigenvalue weighted by atomic mass is 10.00. The molecule has 88 valence electrons. The monoisotopic (exact) mass is 214 g/mol. The molecule has 0 aliphatic carbocycles. The van der Waals surface area contributed by atoms with Crippen LogP contribution < -0.4 is 10.6 Å². The second kappa shape index (κ2) is 6.08. The lowest BCUT2D eigenvalue weighted by Crippen LogP contribution is -2.43. The molecular weight excluding hydrogens is 192 g/mol. The van der Waals surface area contributed by atoms with Crippen molar-refractivity contribution < 1.29 is 9.53 Å². The first kappa shape index (κ1) is 12.5. The number of nitrogens with one attached hydrogen (secondary N) is 2. The fourth-order valence-corrected chi connectivity index (χ4v) is 2.09. The maximum absolute atomic E-state index is 10.6. The van der Waals surface area contributed by atoms with Crippen molar-refractivity contribution in [1.82, 2.24) is 10.6 Å². The highest BCUT2D eigenvalue weighted by Crippen LogP contribution is 2.18. The normalized spacial score (nSPS) is 31.3. The van der Waals surface area contributed by atoms with E-state index in [1.165, 1.54) is 0 Å². The van der Waals surface area contributed by atoms with E-state index in [1.54, 1.807) is 6.92 Å². The van der Waals surface area contributed by atoms with Crippen LogP contribution in [0.25, 0.3) is 0 Å². The average molecular weight is 214 g/mol. The third-order valence-electron chi connectivity index (χ3n) is 2.63. The van der Waals surface area contributed by atoms with E-state index in [-0.39, 0.29) is 5.91 Å². The van der Waals surface area contributed by atoms with Gasteiger partial charge in [-0.05, 0) is 26.7 Å². The number of carbonyl (C=O) groups excluding carboxylic acids is 1. The summed E-state index contributed by atoms with van der Waals surface area (Å²) in [5, 5.41) is 6.22. The quantitative estimate of drug-likeness (QED) is 0.676. The summed E-state index contributed by atoms with van der Waals surface area (Å²) >= 11 is 0. The number of rotatable bonds is 4. The van der Waals surface area contributed by atoms with Gasteiger partial charge in [-0.25, -0.2) is 0 Å². The van der Waals surface area contributed by atoms with Crippen molar-refractivity contribution in [3.63, 3.8) is 0 Å². The Hall–Kier alpha value is -0.610. The third-order valence-corrected chi connectivity index (χ3v) is 2.63. The highest BCUT2D eigenvalue weighted by molar-refractivity contribution is 5.72. The minimum absolute atomic E-state index is 0.0329. The number of hydrogen-bond donors (Lipinski definition) is 2. The minimum atomic E-state index is 0.0329. The fraction of sp³-hybridized carbons (Fsp3) is 0.909. The van der Waals surface area contributed by atoms with Gasteiger partial charge in [-0.3, -0.25) is 4.79 Å². The van der Waals surface area contributed by atoms with Gasteiger partial charge in [0.25, 0.3) is 0 Å². The second-order valence-corrected chi connectivity index (χ2v) is 4.36. The molecule has 1 fully saturated rings. The molecule has 1 aliphatic rings. The summed E-state index contributed by atoms with van der Waals surface area (Å²) in [4.78, 5) is 10.6. The van der Waals surface area contributed by atoms with Crippen LogP contribution in [0.4, 0.5) is 0 Å². The van der Waals surface area contributed by atoms with Gasteiger partial charge in [-0.1, -0.05) is 0 Å². The van der Waals surface area contributed by atoms with Gasteiger partial charge in [-0.15, -0.1) is 0 Å². The van der Waals surface area contributed by atoms with E-state index in [9.17, 15) is 4.79 Å². The van der Waals surface area contributed by atoms with E-state index in [0.29, 0.717) is 24.8 Å². The molecule has 1 rings (SSSR count). The van der Waals surface area contributed by atoms with E-state index >= 15 is 0 Å². The van der Waals surface area contributed by atoms with E-state index in [1.807, 2.05) is 0 Å². The van der Waals surface area contributed by atoms with E-state index in [2.05, 4.69) is 24.5 Å². The molecule has 4 heteroatoms. The summed E-state index contributed by atoms with van der Waals surface area (Å²) in [7, 11) is 0. The smallest absolute Gasteiger partial charge is 0.216 e. The molecule has 15 heavy (non-hydrogen) atoms. The summed E-state index contributed by atoms with van der Waals surface area (Å²) in [6.07, 6.45) is 2.80. The van der Waals surface area contributed by atoms with Crippen molar-refractivity contribution in [3.8, 4) is 0 Å². The summed E-state index contributed by atoms with van der Waals surface area (Å²) in [5.41, 5.74) is 0. The molecule has 1 aliphatic heterocycles. The molecule has 4 nitrogen and oxygen atoms in total. The zero-order valence-corrected chi connectivity index (χ0v) is 9.88. The standard InChI is InChI=1S/C11H22N2O2/c1-8-6-11(7-9(2)15-8)13-5-4-12-10(3)14/h8-9,11,13H,4-7H2,1-3H3,(H,12,14). The van der Waals surface area contributed by atoms with Crippen molar-refractivity contribution in [3.05, 3.63) is 0 Å². The maximum Gasteiger partial charge on any atom is 0.216 e. The molecule has 0 spiro atoms. The van der Waals surface area contributed by atoms with Gasteiger partial charge < -0.3 is 15.4 Å². The SMILES string of the molecule is CC(=O)NCCNC1CC(C)OC(C)C1. The first-order valence-electron chi connectivity index (χ1n) is 5.71.